The maximum Gasteiger partial charge on any atom is 0.408 e. The van der Waals surface area contributed by atoms with E-state index in [9.17, 15) is 26.0 Å². The predicted molar refractivity (Wildman–Crippen MR) is 78.5 cm³/mol. The van der Waals surface area contributed by atoms with Crippen LogP contribution in [0.1, 0.15) is 11.6 Å². The standard InChI is InChI=1S/C14H10F4N4O2S/c15-10-4-2-9(3-5-10)12(14(16,17)18)21-25(23,24)11-8-20-13-19-6-1-7-22(11)13/h1-8,12,21H. The molecule has 3 aromatic rings. The van der Waals surface area contributed by atoms with Crippen molar-refractivity contribution in [3.63, 3.8) is 0 Å². The third kappa shape index (κ3) is 3.46. The molecule has 0 amide bonds. The van der Waals surface area contributed by atoms with Gasteiger partial charge in [-0.15, -0.1) is 0 Å². The number of alkyl halides is 3. The average Bonchev–Trinajstić information content (AvgIpc) is 2.97. The lowest BCUT2D eigenvalue weighted by Gasteiger charge is -2.21. The van der Waals surface area contributed by atoms with Crippen molar-refractivity contribution in [1.29, 1.82) is 0 Å². The molecule has 132 valence electrons. The number of benzene rings is 1. The van der Waals surface area contributed by atoms with Crippen LogP contribution in [0, 0.1) is 5.82 Å². The first kappa shape index (κ1) is 17.3. The van der Waals surface area contributed by atoms with Crippen molar-refractivity contribution >= 4 is 15.8 Å². The van der Waals surface area contributed by atoms with E-state index in [0.29, 0.717) is 0 Å². The van der Waals surface area contributed by atoms with Gasteiger partial charge in [0.15, 0.2) is 5.03 Å². The van der Waals surface area contributed by atoms with E-state index >= 15 is 0 Å². The number of halogens is 4. The Balaban J connectivity index is 2.02. The summed E-state index contributed by atoms with van der Waals surface area (Å²) in [6.07, 6.45) is -1.35. The minimum Gasteiger partial charge on any atom is -0.273 e. The van der Waals surface area contributed by atoms with Crippen LogP contribution in [0.3, 0.4) is 0 Å². The minimum atomic E-state index is -4.93. The summed E-state index contributed by atoms with van der Waals surface area (Å²) in [6.45, 7) is 0. The van der Waals surface area contributed by atoms with Gasteiger partial charge in [0, 0.05) is 12.4 Å². The maximum absolute atomic E-state index is 13.3. The number of hydrogen-bond donors (Lipinski definition) is 1. The molecule has 0 radical (unpaired) electrons. The quantitative estimate of drug-likeness (QED) is 0.712. The normalized spacial score (nSPS) is 13.9. The summed E-state index contributed by atoms with van der Waals surface area (Å²) in [7, 11) is -4.59. The van der Waals surface area contributed by atoms with Crippen LogP contribution in [-0.4, -0.2) is 29.0 Å². The molecule has 6 nitrogen and oxygen atoms in total. The number of nitrogens with zero attached hydrogens (tertiary/aromatic N) is 3. The molecule has 0 aliphatic carbocycles. The third-order valence-corrected chi connectivity index (χ3v) is 4.73. The molecule has 0 spiro atoms. The number of aromatic nitrogens is 3. The zero-order valence-electron chi connectivity index (χ0n) is 12.3. The van der Waals surface area contributed by atoms with Gasteiger partial charge in [0.25, 0.3) is 10.0 Å². The maximum atomic E-state index is 13.3. The highest BCUT2D eigenvalue weighted by Crippen LogP contribution is 2.34. The van der Waals surface area contributed by atoms with Gasteiger partial charge in [0.1, 0.15) is 11.9 Å². The molecule has 3 rings (SSSR count). The van der Waals surface area contributed by atoms with Crippen LogP contribution in [0.25, 0.3) is 5.78 Å². The molecule has 0 aliphatic heterocycles. The van der Waals surface area contributed by atoms with E-state index in [1.54, 1.807) is 4.72 Å². The fourth-order valence-corrected chi connectivity index (χ4v) is 3.49. The Morgan fingerprint density at radius 1 is 1.12 bits per heavy atom. The van der Waals surface area contributed by atoms with Gasteiger partial charge in [-0.25, -0.2) is 22.8 Å². The summed E-state index contributed by atoms with van der Waals surface area (Å²) in [4.78, 5) is 7.55. The van der Waals surface area contributed by atoms with Gasteiger partial charge in [-0.05, 0) is 23.8 Å². The van der Waals surface area contributed by atoms with Crippen LogP contribution in [0.4, 0.5) is 17.6 Å². The first-order chi connectivity index (χ1) is 11.7. The smallest absolute Gasteiger partial charge is 0.273 e. The Hall–Kier alpha value is -2.53. The summed E-state index contributed by atoms with van der Waals surface area (Å²) in [5.74, 6) is -0.714. The Morgan fingerprint density at radius 2 is 1.80 bits per heavy atom. The molecule has 25 heavy (non-hydrogen) atoms. The van der Waals surface area contributed by atoms with Crippen molar-refractivity contribution in [2.24, 2.45) is 0 Å². The molecule has 0 fully saturated rings. The van der Waals surface area contributed by atoms with Crippen molar-refractivity contribution in [2.75, 3.05) is 0 Å². The van der Waals surface area contributed by atoms with Crippen LogP contribution >= 0.6 is 0 Å². The second kappa shape index (κ2) is 6.08. The second-order valence-electron chi connectivity index (χ2n) is 5.03. The predicted octanol–water partition coefficient (Wildman–Crippen LogP) is 2.45. The number of imidazole rings is 1. The van der Waals surface area contributed by atoms with Gasteiger partial charge < -0.3 is 0 Å². The van der Waals surface area contributed by atoms with Gasteiger partial charge in [-0.2, -0.15) is 17.9 Å². The Kier molecular flexibility index (Phi) is 4.21. The lowest BCUT2D eigenvalue weighted by Crippen LogP contribution is -2.38. The zero-order chi connectivity index (χ0) is 18.2. The van der Waals surface area contributed by atoms with E-state index in [4.69, 9.17) is 0 Å². The largest absolute Gasteiger partial charge is 0.408 e. The van der Waals surface area contributed by atoms with Crippen LogP contribution in [0.2, 0.25) is 0 Å². The molecular weight excluding hydrogens is 364 g/mol. The molecule has 1 N–H and O–H groups in total. The zero-order valence-corrected chi connectivity index (χ0v) is 13.1. The van der Waals surface area contributed by atoms with Gasteiger partial charge in [0.05, 0.1) is 6.20 Å². The van der Waals surface area contributed by atoms with E-state index in [0.717, 1.165) is 34.9 Å². The Morgan fingerprint density at radius 3 is 2.44 bits per heavy atom. The summed E-state index contributed by atoms with van der Waals surface area (Å²) < 4.78 is 80.5. The summed E-state index contributed by atoms with van der Waals surface area (Å²) in [5.41, 5.74) is -0.440. The molecule has 0 saturated carbocycles. The van der Waals surface area contributed by atoms with Crippen LogP contribution in [0.15, 0.2) is 53.9 Å². The number of fused-ring (bicyclic) bond motifs is 1. The number of sulfonamides is 1. The van der Waals surface area contributed by atoms with Crippen molar-refractivity contribution in [2.45, 2.75) is 17.2 Å². The number of nitrogens with one attached hydrogen (secondary N) is 1. The van der Waals surface area contributed by atoms with Crippen molar-refractivity contribution < 1.29 is 26.0 Å². The molecule has 0 saturated heterocycles. The van der Waals surface area contributed by atoms with Crippen LogP contribution in [-0.2, 0) is 10.0 Å². The lowest BCUT2D eigenvalue weighted by molar-refractivity contribution is -0.153. The highest BCUT2D eigenvalue weighted by molar-refractivity contribution is 7.89. The van der Waals surface area contributed by atoms with Gasteiger partial charge in [-0.3, -0.25) is 4.40 Å². The number of rotatable bonds is 4. The summed E-state index contributed by atoms with van der Waals surface area (Å²) >= 11 is 0. The molecule has 0 bridgehead atoms. The van der Waals surface area contributed by atoms with E-state index in [-0.39, 0.29) is 5.78 Å². The molecule has 1 unspecified atom stereocenters. The van der Waals surface area contributed by atoms with Gasteiger partial charge in [-0.1, -0.05) is 12.1 Å². The van der Waals surface area contributed by atoms with Crippen molar-refractivity contribution in [1.82, 2.24) is 19.1 Å². The van der Waals surface area contributed by atoms with Gasteiger partial charge in [0.2, 0.25) is 5.78 Å². The van der Waals surface area contributed by atoms with E-state index < -0.39 is 38.6 Å². The molecule has 2 aromatic heterocycles. The minimum absolute atomic E-state index is 0.0215. The van der Waals surface area contributed by atoms with Crippen molar-refractivity contribution in [3.8, 4) is 0 Å². The third-order valence-electron chi connectivity index (χ3n) is 3.33. The molecule has 1 aromatic carbocycles. The SMILES string of the molecule is O=S(=O)(NC(c1ccc(F)cc1)C(F)(F)F)c1cnc2ncccn12. The lowest BCUT2D eigenvalue weighted by atomic mass is 10.1. The van der Waals surface area contributed by atoms with Crippen LogP contribution in [0.5, 0.6) is 0 Å². The molecule has 2 heterocycles. The van der Waals surface area contributed by atoms with Crippen LogP contribution < -0.4 is 4.72 Å². The highest BCUT2D eigenvalue weighted by atomic mass is 32.2. The fraction of sp³-hybridized carbons (Fsp3) is 0.143. The van der Waals surface area contributed by atoms with E-state index in [2.05, 4.69) is 9.97 Å². The first-order valence-corrected chi connectivity index (χ1v) is 8.29. The fourth-order valence-electron chi connectivity index (χ4n) is 2.20. The second-order valence-corrected chi connectivity index (χ2v) is 6.69. The summed E-state index contributed by atoms with van der Waals surface area (Å²) in [6, 6.07) is 2.24. The molecule has 0 aliphatic rings. The molecule has 11 heteroatoms. The topological polar surface area (TPSA) is 76.4 Å². The Bertz CT molecular complexity index is 1000. The van der Waals surface area contributed by atoms with E-state index in [1.165, 1.54) is 18.5 Å². The monoisotopic (exact) mass is 374 g/mol. The highest BCUT2D eigenvalue weighted by Gasteiger charge is 2.44. The van der Waals surface area contributed by atoms with Crippen molar-refractivity contribution in [3.05, 3.63) is 60.3 Å². The average molecular weight is 374 g/mol. The molecular formula is C14H10F4N4O2S. The first-order valence-electron chi connectivity index (χ1n) is 6.81. The number of hydrogen-bond acceptors (Lipinski definition) is 4. The van der Waals surface area contributed by atoms with E-state index in [1.807, 2.05) is 0 Å². The summed E-state index contributed by atoms with van der Waals surface area (Å²) in [5, 5.41) is -0.494. The molecule has 1 atom stereocenters. The Labute approximate surface area is 139 Å². The van der Waals surface area contributed by atoms with Gasteiger partial charge >= 0.3 is 6.18 Å².